The molecular weight excluding hydrogens is 338 g/mol. The van der Waals surface area contributed by atoms with Crippen LogP contribution >= 0.6 is 0 Å². The van der Waals surface area contributed by atoms with E-state index in [1.807, 2.05) is 0 Å². The molecule has 23 heavy (non-hydrogen) atoms. The van der Waals surface area contributed by atoms with Crippen LogP contribution in [-0.2, 0) is 9.84 Å². The third-order valence-electron chi connectivity index (χ3n) is 4.00. The van der Waals surface area contributed by atoms with E-state index in [0.717, 1.165) is 12.1 Å². The molecule has 1 fully saturated rings. The van der Waals surface area contributed by atoms with E-state index in [0.29, 0.717) is 25.5 Å². The van der Waals surface area contributed by atoms with Crippen molar-refractivity contribution in [3.05, 3.63) is 24.0 Å². The average Bonchev–Trinajstić information content (AvgIpc) is 2.46. The van der Waals surface area contributed by atoms with E-state index in [-0.39, 0.29) is 18.2 Å². The molecule has 0 amide bonds. The third-order valence-corrected chi connectivity index (χ3v) is 5.51. The predicted molar refractivity (Wildman–Crippen MR) is 76.3 cm³/mol. The Hall–Kier alpha value is -1.35. The van der Waals surface area contributed by atoms with Crippen LogP contribution in [-0.4, -0.2) is 38.2 Å². The zero-order valence-corrected chi connectivity index (χ0v) is 13.2. The average molecular weight is 355 g/mol. The van der Waals surface area contributed by atoms with Gasteiger partial charge in [0.2, 0.25) is 0 Å². The van der Waals surface area contributed by atoms with Crippen molar-refractivity contribution in [1.29, 1.82) is 0 Å². The van der Waals surface area contributed by atoms with Gasteiger partial charge in [0.05, 0.1) is 11.8 Å². The van der Waals surface area contributed by atoms with Crippen molar-refractivity contribution >= 4 is 15.5 Å². The van der Waals surface area contributed by atoms with Crippen molar-refractivity contribution in [2.75, 3.05) is 18.0 Å². The van der Waals surface area contributed by atoms with Crippen LogP contribution < -0.4 is 4.90 Å². The molecule has 9 heteroatoms. The standard InChI is InChI=1S/C14H17F4NO3S/c1-9(20)10-3-2-6-19(8-10)12-5-4-11(15)7-13(12)23(21,22)14(16,17)18/h4-5,7,9-10,20H,2-3,6,8H2,1H3. The van der Waals surface area contributed by atoms with Crippen molar-refractivity contribution < 1.29 is 31.1 Å². The number of benzene rings is 1. The Morgan fingerprint density at radius 1 is 1.35 bits per heavy atom. The Morgan fingerprint density at radius 3 is 2.57 bits per heavy atom. The summed E-state index contributed by atoms with van der Waals surface area (Å²) in [5, 5.41) is 9.66. The number of sulfone groups is 1. The minimum absolute atomic E-state index is 0.185. The maximum Gasteiger partial charge on any atom is 0.501 e. The van der Waals surface area contributed by atoms with E-state index in [1.54, 1.807) is 6.92 Å². The molecule has 2 unspecified atom stereocenters. The Morgan fingerprint density at radius 2 is 2.00 bits per heavy atom. The molecule has 2 atom stereocenters. The van der Waals surface area contributed by atoms with Crippen molar-refractivity contribution in [3.63, 3.8) is 0 Å². The van der Waals surface area contributed by atoms with E-state index in [2.05, 4.69) is 0 Å². The highest BCUT2D eigenvalue weighted by Gasteiger charge is 2.48. The Balaban J connectivity index is 2.48. The molecule has 0 spiro atoms. The molecule has 1 aliphatic rings. The second-order valence-electron chi connectivity index (χ2n) is 5.65. The predicted octanol–water partition coefficient (Wildman–Crippen LogP) is 2.72. The first kappa shape index (κ1) is 18.0. The number of anilines is 1. The lowest BCUT2D eigenvalue weighted by atomic mass is 9.93. The van der Waals surface area contributed by atoms with Crippen LogP contribution in [0.4, 0.5) is 23.2 Å². The summed E-state index contributed by atoms with van der Waals surface area (Å²) in [6, 6.07) is 2.36. The van der Waals surface area contributed by atoms with Gasteiger partial charge in [-0.15, -0.1) is 0 Å². The van der Waals surface area contributed by atoms with Gasteiger partial charge in [0.25, 0.3) is 9.84 Å². The van der Waals surface area contributed by atoms with Gasteiger partial charge in [-0.1, -0.05) is 0 Å². The summed E-state index contributed by atoms with van der Waals surface area (Å²) in [5.41, 5.74) is -5.69. The molecule has 4 nitrogen and oxygen atoms in total. The summed E-state index contributed by atoms with van der Waals surface area (Å²) in [7, 11) is -5.66. The molecule has 1 heterocycles. The molecule has 0 saturated carbocycles. The molecule has 1 aromatic carbocycles. The van der Waals surface area contributed by atoms with Crippen LogP contribution in [0, 0.1) is 11.7 Å². The topological polar surface area (TPSA) is 57.6 Å². The number of halogens is 4. The van der Waals surface area contributed by atoms with Gasteiger partial charge in [0.1, 0.15) is 10.7 Å². The minimum atomic E-state index is -5.66. The Bertz CT molecular complexity index is 673. The Kier molecular flexibility index (Phi) is 4.91. The number of aliphatic hydroxyl groups excluding tert-OH is 1. The number of rotatable bonds is 3. The Labute approximate surface area is 131 Å². The lowest BCUT2D eigenvalue weighted by Crippen LogP contribution is -2.40. The summed E-state index contributed by atoms with van der Waals surface area (Å²) >= 11 is 0. The van der Waals surface area contributed by atoms with Gasteiger partial charge < -0.3 is 10.0 Å². The monoisotopic (exact) mass is 355 g/mol. The maximum absolute atomic E-state index is 13.3. The summed E-state index contributed by atoms with van der Waals surface area (Å²) in [5.74, 6) is -1.24. The fourth-order valence-corrected chi connectivity index (χ4v) is 3.70. The molecule has 0 aromatic heterocycles. The highest BCUT2D eigenvalue weighted by molar-refractivity contribution is 7.92. The van der Waals surface area contributed by atoms with E-state index < -0.39 is 32.2 Å². The fourth-order valence-electron chi connectivity index (χ4n) is 2.71. The summed E-state index contributed by atoms with van der Waals surface area (Å²) in [6.45, 7) is 2.13. The number of piperidine rings is 1. The van der Waals surface area contributed by atoms with Crippen molar-refractivity contribution in [1.82, 2.24) is 0 Å². The van der Waals surface area contributed by atoms with E-state index in [4.69, 9.17) is 0 Å². The highest BCUT2D eigenvalue weighted by Crippen LogP contribution is 2.37. The van der Waals surface area contributed by atoms with Crippen LogP contribution in [0.15, 0.2) is 23.1 Å². The first-order valence-electron chi connectivity index (χ1n) is 7.08. The zero-order chi connectivity index (χ0) is 17.4. The molecule has 1 N–H and O–H groups in total. The van der Waals surface area contributed by atoms with Crippen LogP contribution in [0.1, 0.15) is 19.8 Å². The molecule has 1 saturated heterocycles. The second-order valence-corrected chi connectivity index (χ2v) is 7.56. The lowest BCUT2D eigenvalue weighted by molar-refractivity contribution is -0.0435. The molecule has 2 rings (SSSR count). The van der Waals surface area contributed by atoms with Gasteiger partial charge in [-0.3, -0.25) is 0 Å². The van der Waals surface area contributed by atoms with Crippen LogP contribution in [0.5, 0.6) is 0 Å². The van der Waals surface area contributed by atoms with Crippen LogP contribution in [0.3, 0.4) is 0 Å². The molecule has 1 aromatic rings. The quantitative estimate of drug-likeness (QED) is 0.847. The highest BCUT2D eigenvalue weighted by atomic mass is 32.2. The van der Waals surface area contributed by atoms with Crippen molar-refractivity contribution in [2.24, 2.45) is 5.92 Å². The fraction of sp³-hybridized carbons (Fsp3) is 0.571. The van der Waals surface area contributed by atoms with Gasteiger partial charge in [0.15, 0.2) is 0 Å². The third kappa shape index (κ3) is 3.60. The number of hydrogen-bond donors (Lipinski definition) is 1. The molecular formula is C14H17F4NO3S. The minimum Gasteiger partial charge on any atom is -0.393 e. The summed E-state index contributed by atoms with van der Waals surface area (Å²) < 4.78 is 75.3. The van der Waals surface area contributed by atoms with Gasteiger partial charge in [-0.25, -0.2) is 12.8 Å². The second kappa shape index (κ2) is 6.27. The first-order valence-corrected chi connectivity index (χ1v) is 8.56. The van der Waals surface area contributed by atoms with E-state index in [9.17, 15) is 31.1 Å². The van der Waals surface area contributed by atoms with Gasteiger partial charge in [-0.2, -0.15) is 13.2 Å². The van der Waals surface area contributed by atoms with E-state index >= 15 is 0 Å². The van der Waals surface area contributed by atoms with Crippen molar-refractivity contribution in [3.8, 4) is 0 Å². The number of aliphatic hydroxyl groups is 1. The maximum atomic E-state index is 13.3. The number of alkyl halides is 3. The van der Waals surface area contributed by atoms with Crippen LogP contribution in [0.2, 0.25) is 0 Å². The molecule has 130 valence electrons. The largest absolute Gasteiger partial charge is 0.501 e. The molecule has 0 aliphatic carbocycles. The summed E-state index contributed by atoms with van der Waals surface area (Å²) in [4.78, 5) is 0.370. The smallest absolute Gasteiger partial charge is 0.393 e. The van der Waals surface area contributed by atoms with Gasteiger partial charge in [0, 0.05) is 19.0 Å². The van der Waals surface area contributed by atoms with Gasteiger partial charge in [-0.05, 0) is 38.0 Å². The molecule has 0 bridgehead atoms. The number of hydrogen-bond acceptors (Lipinski definition) is 4. The summed E-state index contributed by atoms with van der Waals surface area (Å²) in [6.07, 6.45) is 0.621. The van der Waals surface area contributed by atoms with Crippen molar-refractivity contribution in [2.45, 2.75) is 36.3 Å². The zero-order valence-electron chi connectivity index (χ0n) is 12.3. The normalized spacial score (nSPS) is 21.3. The SMILES string of the molecule is CC(O)C1CCCN(c2ccc(F)cc2S(=O)(=O)C(F)(F)F)C1. The molecule has 1 aliphatic heterocycles. The van der Waals surface area contributed by atoms with Gasteiger partial charge >= 0.3 is 5.51 Å². The first-order chi connectivity index (χ1) is 10.5. The number of nitrogens with zero attached hydrogens (tertiary/aromatic N) is 1. The lowest BCUT2D eigenvalue weighted by Gasteiger charge is -2.36. The van der Waals surface area contributed by atoms with E-state index in [1.165, 1.54) is 4.90 Å². The molecule has 0 radical (unpaired) electrons. The van der Waals surface area contributed by atoms with Crippen LogP contribution in [0.25, 0.3) is 0 Å².